The van der Waals surface area contributed by atoms with Crippen LogP contribution in [0.15, 0.2) is 72.7 Å². The summed E-state index contributed by atoms with van der Waals surface area (Å²) < 4.78 is 5.59. The summed E-state index contributed by atoms with van der Waals surface area (Å²) in [7, 11) is 1.84. The van der Waals surface area contributed by atoms with Crippen molar-refractivity contribution in [2.45, 2.75) is 45.6 Å². The molecule has 208 valence electrons. The summed E-state index contributed by atoms with van der Waals surface area (Å²) in [5.74, 6) is 0.112. The Bertz CT molecular complexity index is 1450. The molecule has 0 unspecified atom stereocenters. The van der Waals surface area contributed by atoms with Gasteiger partial charge < -0.3 is 20.3 Å². The maximum Gasteiger partial charge on any atom is 0.219 e. The summed E-state index contributed by atoms with van der Waals surface area (Å²) in [4.78, 5) is 23.8. The normalized spacial score (nSPS) is 16.8. The number of nitrogens with one attached hydrogen (secondary N) is 2. The average molecular weight is 538 g/mol. The number of benzene rings is 1. The third-order valence-electron chi connectivity index (χ3n) is 7.85. The largest absolute Gasteiger partial charge is 0.387 e. The molecule has 5 rings (SSSR count). The molecule has 1 aromatic carbocycles. The number of carbonyl (C=O) groups excluding carboxylic acids is 1. The third-order valence-corrected chi connectivity index (χ3v) is 7.85. The predicted octanol–water partition coefficient (Wildman–Crippen LogP) is 5.56. The Labute approximate surface area is 237 Å². The van der Waals surface area contributed by atoms with Gasteiger partial charge in [0.15, 0.2) is 0 Å². The highest BCUT2D eigenvalue weighted by molar-refractivity contribution is 5.99. The zero-order valence-corrected chi connectivity index (χ0v) is 23.8. The Morgan fingerprint density at radius 1 is 1.18 bits per heavy atom. The van der Waals surface area contributed by atoms with Crippen LogP contribution in [0.4, 0.5) is 0 Å². The van der Waals surface area contributed by atoms with Crippen LogP contribution >= 0.6 is 0 Å². The highest BCUT2D eigenvalue weighted by Crippen LogP contribution is 2.35. The smallest absolute Gasteiger partial charge is 0.219 e. The van der Waals surface area contributed by atoms with Gasteiger partial charge in [-0.15, -0.1) is 0 Å². The summed E-state index contributed by atoms with van der Waals surface area (Å²) >= 11 is 0. The Hall–Kier alpha value is -3.97. The van der Waals surface area contributed by atoms with E-state index in [0.29, 0.717) is 12.6 Å². The molecule has 0 radical (unpaired) electrons. The van der Waals surface area contributed by atoms with Crippen LogP contribution in [0.1, 0.15) is 50.8 Å². The van der Waals surface area contributed by atoms with Crippen molar-refractivity contribution in [3.63, 3.8) is 0 Å². The van der Waals surface area contributed by atoms with Crippen LogP contribution in [-0.4, -0.2) is 60.2 Å². The molecule has 7 nitrogen and oxygen atoms in total. The Morgan fingerprint density at radius 3 is 2.70 bits per heavy atom. The quantitative estimate of drug-likeness (QED) is 0.392. The molecule has 1 fully saturated rings. The minimum Gasteiger partial charge on any atom is -0.387 e. The molecule has 0 atom stereocenters. The number of rotatable bonds is 8. The van der Waals surface area contributed by atoms with Crippen LogP contribution in [0.3, 0.4) is 0 Å². The lowest BCUT2D eigenvalue weighted by atomic mass is 9.88. The molecule has 2 N–H and O–H groups in total. The third kappa shape index (κ3) is 5.94. The fraction of sp³-hybridized carbons (Fsp3) is 0.364. The van der Waals surface area contributed by atoms with Crippen molar-refractivity contribution in [2.24, 2.45) is 0 Å². The maximum absolute atomic E-state index is 12.4. The van der Waals surface area contributed by atoms with Crippen LogP contribution in [-0.2, 0) is 9.53 Å². The minimum atomic E-state index is 0.112. The molecule has 1 saturated heterocycles. The van der Waals surface area contributed by atoms with E-state index < -0.39 is 0 Å². The lowest BCUT2D eigenvalue weighted by molar-refractivity contribution is -0.128. The second-order valence-corrected chi connectivity index (χ2v) is 10.5. The highest BCUT2D eigenvalue weighted by Gasteiger charge is 2.26. The van der Waals surface area contributed by atoms with Crippen molar-refractivity contribution in [1.29, 1.82) is 0 Å². The number of ether oxygens (including phenoxy) is 1. The van der Waals surface area contributed by atoms with Crippen LogP contribution in [0.5, 0.6) is 0 Å². The molecule has 2 aliphatic rings. The number of pyridine rings is 2. The Morgan fingerprint density at radius 2 is 2.00 bits per heavy atom. The molecular formula is C33H39N5O2. The molecule has 2 aliphatic heterocycles. The molecular weight excluding hydrogens is 498 g/mol. The summed E-state index contributed by atoms with van der Waals surface area (Å²) in [6, 6.07) is 12.9. The number of aromatic nitrogens is 2. The van der Waals surface area contributed by atoms with E-state index in [-0.39, 0.29) is 5.91 Å². The number of nitrogens with zero attached hydrogens (tertiary/aromatic N) is 3. The van der Waals surface area contributed by atoms with Crippen LogP contribution in [0, 0.1) is 0 Å². The molecule has 4 heterocycles. The number of carbonyl (C=O) groups is 1. The van der Waals surface area contributed by atoms with E-state index in [2.05, 4.69) is 59.5 Å². The second kappa shape index (κ2) is 12.5. The van der Waals surface area contributed by atoms with E-state index in [1.807, 2.05) is 36.5 Å². The fourth-order valence-corrected chi connectivity index (χ4v) is 5.54. The zero-order valence-electron chi connectivity index (χ0n) is 23.8. The zero-order chi connectivity index (χ0) is 28.1. The Kier molecular flexibility index (Phi) is 8.60. The van der Waals surface area contributed by atoms with Gasteiger partial charge in [-0.1, -0.05) is 37.8 Å². The van der Waals surface area contributed by atoms with Gasteiger partial charge in [-0.3, -0.25) is 14.8 Å². The molecule has 0 spiro atoms. The summed E-state index contributed by atoms with van der Waals surface area (Å²) in [6.07, 6.45) is 9.83. The van der Waals surface area contributed by atoms with E-state index in [1.54, 1.807) is 6.92 Å². The number of hydrogen-bond donors (Lipinski definition) is 2. The van der Waals surface area contributed by atoms with Gasteiger partial charge in [0.2, 0.25) is 5.91 Å². The first-order chi connectivity index (χ1) is 19.5. The van der Waals surface area contributed by atoms with Gasteiger partial charge in [-0.2, -0.15) is 0 Å². The van der Waals surface area contributed by atoms with Crippen molar-refractivity contribution in [2.75, 3.05) is 33.4 Å². The first kappa shape index (κ1) is 27.6. The summed E-state index contributed by atoms with van der Waals surface area (Å²) in [6.45, 7) is 10.7. The molecule has 0 saturated carbocycles. The standard InChI is InChI=1S/C33H39N5O2/c1-5-7-27(30-21-38(23(3)39)15-12-32(30)37-26-13-16-40-17-14-26)28-9-6-8-24-18-33(36-20-29(24)28)25-10-11-31(35-19-25)22(2)34-4/h6-11,18-20,26,34,37H,2,5,12-17,21H2,1,3-4H3/b27-7+. The lowest BCUT2D eigenvalue weighted by Crippen LogP contribution is -2.41. The predicted molar refractivity (Wildman–Crippen MR) is 162 cm³/mol. The van der Waals surface area contributed by atoms with Gasteiger partial charge in [-0.05, 0) is 59.6 Å². The topological polar surface area (TPSA) is 79.4 Å². The first-order valence-corrected chi connectivity index (χ1v) is 14.2. The average Bonchev–Trinajstić information content (AvgIpc) is 3.00. The van der Waals surface area contributed by atoms with Gasteiger partial charge in [0.05, 0.1) is 17.1 Å². The summed E-state index contributed by atoms with van der Waals surface area (Å²) in [5.41, 5.74) is 8.21. The van der Waals surface area contributed by atoms with E-state index in [4.69, 9.17) is 9.72 Å². The number of fused-ring (bicyclic) bond motifs is 1. The molecule has 2 aromatic heterocycles. The molecule has 7 heteroatoms. The minimum absolute atomic E-state index is 0.112. The van der Waals surface area contributed by atoms with Crippen molar-refractivity contribution in [1.82, 2.24) is 25.5 Å². The maximum atomic E-state index is 12.4. The summed E-state index contributed by atoms with van der Waals surface area (Å²) in [5, 5.41) is 9.11. The second-order valence-electron chi connectivity index (χ2n) is 10.5. The molecule has 3 aromatic rings. The van der Waals surface area contributed by atoms with Crippen molar-refractivity contribution in [3.8, 4) is 11.3 Å². The molecule has 0 aliphatic carbocycles. The Balaban J connectivity index is 1.54. The number of allylic oxidation sites excluding steroid dienone is 1. The number of hydrogen-bond acceptors (Lipinski definition) is 6. The van der Waals surface area contributed by atoms with E-state index in [0.717, 1.165) is 84.4 Å². The molecule has 1 amide bonds. The van der Waals surface area contributed by atoms with Gasteiger partial charge >= 0.3 is 0 Å². The molecule has 40 heavy (non-hydrogen) atoms. The van der Waals surface area contributed by atoms with Crippen LogP contribution in [0.25, 0.3) is 33.3 Å². The van der Waals surface area contributed by atoms with Crippen molar-refractivity contribution in [3.05, 3.63) is 84.0 Å². The first-order valence-electron chi connectivity index (χ1n) is 14.2. The van der Waals surface area contributed by atoms with Gasteiger partial charge in [0.25, 0.3) is 0 Å². The van der Waals surface area contributed by atoms with Gasteiger partial charge in [0, 0.05) is 81.8 Å². The SMILES string of the molecule is C=C(NC)c1ccc(-c2cc3cccc(/C(=C\CC)C4=C(NC5CCOCC5)CCN(C(C)=O)C4)c3cn2)cn1. The molecule has 0 bridgehead atoms. The van der Waals surface area contributed by atoms with Gasteiger partial charge in [0.1, 0.15) is 0 Å². The lowest BCUT2D eigenvalue weighted by Gasteiger charge is -2.35. The monoisotopic (exact) mass is 537 g/mol. The van der Waals surface area contributed by atoms with Crippen molar-refractivity contribution >= 4 is 27.9 Å². The van der Waals surface area contributed by atoms with Crippen molar-refractivity contribution < 1.29 is 9.53 Å². The van der Waals surface area contributed by atoms with Crippen LogP contribution in [0.2, 0.25) is 0 Å². The highest BCUT2D eigenvalue weighted by atomic mass is 16.5. The van der Waals surface area contributed by atoms with Gasteiger partial charge in [-0.25, -0.2) is 0 Å². The van der Waals surface area contributed by atoms with Crippen LogP contribution < -0.4 is 10.6 Å². The van der Waals surface area contributed by atoms with E-state index >= 15 is 0 Å². The number of amides is 1. The van der Waals surface area contributed by atoms with E-state index in [9.17, 15) is 4.79 Å². The van der Waals surface area contributed by atoms with E-state index in [1.165, 1.54) is 16.8 Å². The fourth-order valence-electron chi connectivity index (χ4n) is 5.54.